The minimum atomic E-state index is -3.82. The van der Waals surface area contributed by atoms with Gasteiger partial charge < -0.3 is 0 Å². The van der Waals surface area contributed by atoms with Crippen LogP contribution in [-0.2, 0) is 14.9 Å². The summed E-state index contributed by atoms with van der Waals surface area (Å²) in [6.45, 7) is 0. The molecule has 1 rings (SSSR count). The van der Waals surface area contributed by atoms with Crippen molar-refractivity contribution < 1.29 is 17.6 Å². The van der Waals surface area contributed by atoms with Gasteiger partial charge in [0.1, 0.15) is 10.7 Å². The summed E-state index contributed by atoms with van der Waals surface area (Å²) in [7, 11) is -1.40. The molecule has 0 aliphatic rings. The standard InChI is InChI=1S/C8H9ClFNO3S/c1-11(14-2)15(12,13)8-4-3-6(10)5-7(8)9/h3-5H,1-2H3. The first-order valence-electron chi connectivity index (χ1n) is 3.87. The van der Waals surface area contributed by atoms with Gasteiger partial charge in [-0.05, 0) is 18.2 Å². The second-order valence-electron chi connectivity index (χ2n) is 2.67. The van der Waals surface area contributed by atoms with Crippen molar-refractivity contribution in [3.05, 3.63) is 29.0 Å². The molecule has 0 spiro atoms. The smallest absolute Gasteiger partial charge is 0.266 e. The third-order valence-electron chi connectivity index (χ3n) is 1.77. The highest BCUT2D eigenvalue weighted by Crippen LogP contribution is 2.24. The molecular weight excluding hydrogens is 245 g/mol. The molecule has 1 aromatic carbocycles. The Kier molecular flexibility index (Phi) is 3.67. The molecule has 84 valence electrons. The lowest BCUT2D eigenvalue weighted by molar-refractivity contribution is -0.0258. The summed E-state index contributed by atoms with van der Waals surface area (Å²) >= 11 is 5.61. The molecule has 0 aliphatic heterocycles. The SMILES string of the molecule is CON(C)S(=O)(=O)c1ccc(F)cc1Cl. The van der Waals surface area contributed by atoms with E-state index in [4.69, 9.17) is 11.6 Å². The van der Waals surface area contributed by atoms with Crippen molar-refractivity contribution in [1.29, 1.82) is 0 Å². The van der Waals surface area contributed by atoms with Crippen molar-refractivity contribution in [1.82, 2.24) is 4.47 Å². The van der Waals surface area contributed by atoms with E-state index in [9.17, 15) is 12.8 Å². The predicted octanol–water partition coefficient (Wildman–Crippen LogP) is 1.66. The van der Waals surface area contributed by atoms with E-state index in [0.29, 0.717) is 4.47 Å². The second kappa shape index (κ2) is 4.44. The van der Waals surface area contributed by atoms with Crippen LogP contribution in [-0.4, -0.2) is 27.0 Å². The van der Waals surface area contributed by atoms with Gasteiger partial charge in [-0.15, -0.1) is 0 Å². The lowest BCUT2D eigenvalue weighted by Crippen LogP contribution is -2.26. The van der Waals surface area contributed by atoms with Crippen LogP contribution in [0, 0.1) is 5.82 Å². The van der Waals surface area contributed by atoms with Crippen molar-refractivity contribution in [2.75, 3.05) is 14.2 Å². The zero-order chi connectivity index (χ0) is 11.6. The van der Waals surface area contributed by atoms with Gasteiger partial charge in [-0.3, -0.25) is 4.84 Å². The normalized spacial score (nSPS) is 12.1. The Morgan fingerprint density at radius 3 is 2.53 bits per heavy atom. The van der Waals surface area contributed by atoms with E-state index in [2.05, 4.69) is 4.84 Å². The van der Waals surface area contributed by atoms with Crippen LogP contribution in [0.25, 0.3) is 0 Å². The Labute approximate surface area is 92.2 Å². The summed E-state index contributed by atoms with van der Waals surface area (Å²) in [6.07, 6.45) is 0. The van der Waals surface area contributed by atoms with Crippen LogP contribution in [0.15, 0.2) is 23.1 Å². The van der Waals surface area contributed by atoms with Crippen LogP contribution < -0.4 is 0 Å². The van der Waals surface area contributed by atoms with Crippen molar-refractivity contribution in [2.24, 2.45) is 0 Å². The maximum Gasteiger partial charge on any atom is 0.266 e. The summed E-state index contributed by atoms with van der Waals surface area (Å²) < 4.78 is 36.7. The van der Waals surface area contributed by atoms with E-state index < -0.39 is 15.8 Å². The summed E-state index contributed by atoms with van der Waals surface area (Å²) in [5.74, 6) is -0.598. The predicted molar refractivity (Wildman–Crippen MR) is 53.4 cm³/mol. The molecule has 0 heterocycles. The molecule has 4 nitrogen and oxygen atoms in total. The first kappa shape index (κ1) is 12.4. The summed E-state index contributed by atoms with van der Waals surface area (Å²) in [5, 5.41) is -0.182. The van der Waals surface area contributed by atoms with Gasteiger partial charge in [0.05, 0.1) is 12.1 Å². The first-order valence-corrected chi connectivity index (χ1v) is 5.69. The van der Waals surface area contributed by atoms with Crippen LogP contribution in [0.5, 0.6) is 0 Å². The van der Waals surface area contributed by atoms with Crippen LogP contribution in [0.1, 0.15) is 0 Å². The van der Waals surface area contributed by atoms with Gasteiger partial charge in [-0.25, -0.2) is 12.8 Å². The van der Waals surface area contributed by atoms with Crippen LogP contribution >= 0.6 is 11.6 Å². The maximum absolute atomic E-state index is 12.7. The van der Waals surface area contributed by atoms with Crippen molar-refractivity contribution in [3.63, 3.8) is 0 Å². The van der Waals surface area contributed by atoms with E-state index in [0.717, 1.165) is 18.2 Å². The summed E-state index contributed by atoms with van der Waals surface area (Å²) in [5.41, 5.74) is 0. The summed E-state index contributed by atoms with van der Waals surface area (Å²) in [4.78, 5) is 4.35. The Balaban J connectivity index is 3.28. The highest BCUT2D eigenvalue weighted by molar-refractivity contribution is 7.89. The topological polar surface area (TPSA) is 46.6 Å². The van der Waals surface area contributed by atoms with E-state index in [1.165, 1.54) is 14.2 Å². The fraction of sp³-hybridized carbons (Fsp3) is 0.250. The Morgan fingerprint density at radius 1 is 1.47 bits per heavy atom. The molecule has 15 heavy (non-hydrogen) atoms. The van der Waals surface area contributed by atoms with Crippen LogP contribution in [0.2, 0.25) is 5.02 Å². The molecule has 0 aromatic heterocycles. The minimum absolute atomic E-state index is 0.182. The average Bonchev–Trinajstić information content (AvgIpc) is 2.15. The van der Waals surface area contributed by atoms with Crippen molar-refractivity contribution in [3.8, 4) is 0 Å². The molecule has 0 N–H and O–H groups in total. The number of hydrogen-bond acceptors (Lipinski definition) is 3. The Hall–Kier alpha value is -0.690. The molecule has 0 unspecified atom stereocenters. The van der Waals surface area contributed by atoms with Crippen molar-refractivity contribution >= 4 is 21.6 Å². The molecular formula is C8H9ClFNO3S. The minimum Gasteiger partial charge on any atom is -0.288 e. The number of hydroxylamine groups is 1. The Morgan fingerprint density at radius 2 is 2.07 bits per heavy atom. The first-order chi connectivity index (χ1) is 6.89. The zero-order valence-electron chi connectivity index (χ0n) is 8.07. The Bertz CT molecular complexity index is 463. The quantitative estimate of drug-likeness (QED) is 0.770. The van der Waals surface area contributed by atoms with Gasteiger partial charge in [0.2, 0.25) is 0 Å². The molecule has 0 aliphatic carbocycles. The zero-order valence-corrected chi connectivity index (χ0v) is 9.64. The van der Waals surface area contributed by atoms with E-state index >= 15 is 0 Å². The fourth-order valence-electron chi connectivity index (χ4n) is 0.921. The number of sulfonamides is 1. The van der Waals surface area contributed by atoms with Gasteiger partial charge in [0, 0.05) is 7.05 Å². The van der Waals surface area contributed by atoms with E-state index in [-0.39, 0.29) is 9.92 Å². The lowest BCUT2D eigenvalue weighted by atomic mass is 10.3. The molecule has 0 amide bonds. The van der Waals surface area contributed by atoms with E-state index in [1.807, 2.05) is 0 Å². The number of benzene rings is 1. The molecule has 0 atom stereocenters. The van der Waals surface area contributed by atoms with Crippen LogP contribution in [0.4, 0.5) is 4.39 Å². The molecule has 7 heteroatoms. The monoisotopic (exact) mass is 253 g/mol. The van der Waals surface area contributed by atoms with Gasteiger partial charge >= 0.3 is 0 Å². The number of rotatable bonds is 3. The third-order valence-corrected chi connectivity index (χ3v) is 3.93. The van der Waals surface area contributed by atoms with E-state index in [1.54, 1.807) is 0 Å². The molecule has 0 fully saturated rings. The fourth-order valence-corrected chi connectivity index (χ4v) is 2.40. The number of halogens is 2. The third kappa shape index (κ3) is 2.46. The van der Waals surface area contributed by atoms with Gasteiger partial charge in [0.25, 0.3) is 10.0 Å². The molecule has 0 saturated carbocycles. The molecule has 0 bridgehead atoms. The maximum atomic E-state index is 12.7. The van der Waals surface area contributed by atoms with Gasteiger partial charge in [0.15, 0.2) is 0 Å². The molecule has 0 radical (unpaired) electrons. The molecule has 1 aromatic rings. The average molecular weight is 254 g/mol. The van der Waals surface area contributed by atoms with Gasteiger partial charge in [-0.1, -0.05) is 16.1 Å². The number of nitrogens with zero attached hydrogens (tertiary/aromatic N) is 1. The summed E-state index contributed by atoms with van der Waals surface area (Å²) in [6, 6.07) is 3.03. The van der Waals surface area contributed by atoms with Crippen LogP contribution in [0.3, 0.4) is 0 Å². The largest absolute Gasteiger partial charge is 0.288 e. The van der Waals surface area contributed by atoms with Crippen molar-refractivity contribution in [2.45, 2.75) is 4.90 Å². The highest BCUT2D eigenvalue weighted by Gasteiger charge is 2.23. The lowest BCUT2D eigenvalue weighted by Gasteiger charge is -2.14. The van der Waals surface area contributed by atoms with Gasteiger partial charge in [-0.2, -0.15) is 0 Å². The second-order valence-corrected chi connectivity index (χ2v) is 4.98. The molecule has 0 saturated heterocycles. The highest BCUT2D eigenvalue weighted by atomic mass is 35.5. The number of hydrogen-bond donors (Lipinski definition) is 0.